The van der Waals surface area contributed by atoms with Gasteiger partial charge >= 0.3 is 0 Å². The number of hydrogen-bond acceptors (Lipinski definition) is 4. The molecule has 0 spiro atoms. The van der Waals surface area contributed by atoms with Gasteiger partial charge in [-0.3, -0.25) is 9.10 Å². The van der Waals surface area contributed by atoms with Gasteiger partial charge in [0.15, 0.2) is 0 Å². The molecule has 0 atom stereocenters. The van der Waals surface area contributed by atoms with Gasteiger partial charge in [-0.1, -0.05) is 12.1 Å². The summed E-state index contributed by atoms with van der Waals surface area (Å²) in [4.78, 5) is 11.7. The van der Waals surface area contributed by atoms with Crippen LogP contribution in [0.1, 0.15) is 12.8 Å². The first-order valence-corrected chi connectivity index (χ1v) is 8.77. The molecule has 1 fully saturated rings. The molecular weight excluding hydrogens is 290 g/mol. The number of fused-ring (bicyclic) bond motifs is 1. The number of amides is 1. The molecular formula is C14H19N3O3S. The van der Waals surface area contributed by atoms with Gasteiger partial charge in [0.05, 0.1) is 17.1 Å². The van der Waals surface area contributed by atoms with E-state index in [0.717, 1.165) is 25.9 Å². The highest BCUT2D eigenvalue weighted by molar-refractivity contribution is 7.92. The monoisotopic (exact) mass is 309 g/mol. The van der Waals surface area contributed by atoms with Gasteiger partial charge in [-0.2, -0.15) is 0 Å². The zero-order chi connectivity index (χ0) is 14.9. The van der Waals surface area contributed by atoms with E-state index in [4.69, 9.17) is 0 Å². The predicted molar refractivity (Wildman–Crippen MR) is 81.8 cm³/mol. The molecule has 0 radical (unpaired) electrons. The van der Waals surface area contributed by atoms with Crippen LogP contribution in [0.15, 0.2) is 24.3 Å². The third-order valence-electron chi connectivity index (χ3n) is 3.97. The van der Waals surface area contributed by atoms with Crippen molar-refractivity contribution in [2.75, 3.05) is 35.0 Å². The van der Waals surface area contributed by atoms with Gasteiger partial charge in [-0.25, -0.2) is 8.42 Å². The molecule has 2 aliphatic rings. The van der Waals surface area contributed by atoms with Gasteiger partial charge in [-0.05, 0) is 44.0 Å². The van der Waals surface area contributed by atoms with E-state index in [0.29, 0.717) is 11.4 Å². The highest BCUT2D eigenvalue weighted by atomic mass is 32.2. The van der Waals surface area contributed by atoms with Crippen molar-refractivity contribution in [2.45, 2.75) is 12.8 Å². The molecule has 1 saturated heterocycles. The molecule has 1 amide bonds. The molecule has 1 aromatic rings. The van der Waals surface area contributed by atoms with E-state index in [2.05, 4.69) is 10.6 Å². The smallest absolute Gasteiger partial charge is 0.245 e. The minimum absolute atomic E-state index is 0.107. The second-order valence-corrected chi connectivity index (χ2v) is 7.48. The summed E-state index contributed by atoms with van der Waals surface area (Å²) in [5, 5.41) is 5.94. The van der Waals surface area contributed by atoms with Crippen molar-refractivity contribution < 1.29 is 13.2 Å². The van der Waals surface area contributed by atoms with Crippen molar-refractivity contribution in [3.05, 3.63) is 24.3 Å². The summed E-state index contributed by atoms with van der Waals surface area (Å²) in [6.45, 7) is 1.58. The van der Waals surface area contributed by atoms with Crippen LogP contribution < -0.4 is 14.9 Å². The Morgan fingerprint density at radius 1 is 1.19 bits per heavy atom. The first kappa shape index (κ1) is 14.3. The summed E-state index contributed by atoms with van der Waals surface area (Å²) in [6, 6.07) is 7.01. The maximum absolute atomic E-state index is 12.7. The number of hydrogen-bond donors (Lipinski definition) is 2. The van der Waals surface area contributed by atoms with Crippen LogP contribution in [0.5, 0.6) is 0 Å². The summed E-state index contributed by atoms with van der Waals surface area (Å²) in [5.41, 5.74) is 1.12. The summed E-state index contributed by atoms with van der Waals surface area (Å²) >= 11 is 0. The van der Waals surface area contributed by atoms with E-state index in [1.807, 2.05) is 0 Å². The highest BCUT2D eigenvalue weighted by Crippen LogP contribution is 2.32. The van der Waals surface area contributed by atoms with Crippen LogP contribution in [0.2, 0.25) is 0 Å². The molecule has 0 aliphatic carbocycles. The topological polar surface area (TPSA) is 78.5 Å². The van der Waals surface area contributed by atoms with Gasteiger partial charge in [0, 0.05) is 0 Å². The number of sulfonamides is 1. The van der Waals surface area contributed by atoms with Crippen molar-refractivity contribution in [3.8, 4) is 0 Å². The zero-order valence-electron chi connectivity index (χ0n) is 11.7. The molecule has 1 aromatic carbocycles. The Bertz CT molecular complexity index is 639. The Labute approximate surface area is 124 Å². The fraction of sp³-hybridized carbons (Fsp3) is 0.500. The third-order valence-corrected chi connectivity index (χ3v) is 5.86. The molecule has 6 nitrogen and oxygen atoms in total. The van der Waals surface area contributed by atoms with Gasteiger partial charge in [-0.15, -0.1) is 0 Å². The Morgan fingerprint density at radius 2 is 1.90 bits per heavy atom. The van der Waals surface area contributed by atoms with E-state index in [1.165, 1.54) is 4.31 Å². The Morgan fingerprint density at radius 3 is 2.67 bits per heavy atom. The van der Waals surface area contributed by atoms with Gasteiger partial charge < -0.3 is 10.6 Å². The fourth-order valence-electron chi connectivity index (χ4n) is 2.89. The van der Waals surface area contributed by atoms with Crippen LogP contribution in [0, 0.1) is 5.92 Å². The molecule has 2 aliphatic heterocycles. The SMILES string of the molecule is O=C1CN(S(=O)(=O)CC2CCNCC2)c2ccccc2N1. The number of carbonyl (C=O) groups is 1. The lowest BCUT2D eigenvalue weighted by Gasteiger charge is -2.32. The first-order chi connectivity index (χ1) is 10.1. The van der Waals surface area contributed by atoms with Crippen LogP contribution in [-0.2, 0) is 14.8 Å². The predicted octanol–water partition coefficient (Wildman–Crippen LogP) is 0.774. The molecule has 2 N–H and O–H groups in total. The zero-order valence-corrected chi connectivity index (χ0v) is 12.5. The average Bonchev–Trinajstić information content (AvgIpc) is 2.47. The fourth-order valence-corrected chi connectivity index (χ4v) is 4.77. The molecule has 3 rings (SSSR count). The molecule has 0 saturated carbocycles. The number of piperidine rings is 1. The number of nitrogens with one attached hydrogen (secondary N) is 2. The average molecular weight is 309 g/mol. The van der Waals surface area contributed by atoms with Crippen LogP contribution in [0.25, 0.3) is 0 Å². The Balaban J connectivity index is 1.86. The van der Waals surface area contributed by atoms with E-state index >= 15 is 0 Å². The maximum atomic E-state index is 12.7. The van der Waals surface area contributed by atoms with Crippen molar-refractivity contribution >= 4 is 27.3 Å². The number of nitrogens with zero attached hydrogens (tertiary/aromatic N) is 1. The van der Waals surface area contributed by atoms with Crippen molar-refractivity contribution in [2.24, 2.45) is 5.92 Å². The van der Waals surface area contributed by atoms with E-state index < -0.39 is 10.0 Å². The molecule has 0 bridgehead atoms. The molecule has 0 aromatic heterocycles. The van der Waals surface area contributed by atoms with Crippen LogP contribution >= 0.6 is 0 Å². The lowest BCUT2D eigenvalue weighted by Crippen LogP contribution is -2.45. The number of rotatable bonds is 3. The number of carbonyl (C=O) groups excluding carboxylic acids is 1. The lowest BCUT2D eigenvalue weighted by molar-refractivity contribution is -0.115. The molecule has 21 heavy (non-hydrogen) atoms. The largest absolute Gasteiger partial charge is 0.323 e. The Kier molecular flexibility index (Phi) is 3.86. The number of anilines is 2. The first-order valence-electron chi connectivity index (χ1n) is 7.16. The second kappa shape index (κ2) is 5.65. The Hall–Kier alpha value is -1.60. The van der Waals surface area contributed by atoms with Crippen molar-refractivity contribution in [1.29, 1.82) is 0 Å². The van der Waals surface area contributed by atoms with E-state index in [-0.39, 0.29) is 24.1 Å². The maximum Gasteiger partial charge on any atom is 0.245 e. The molecule has 7 heteroatoms. The standard InChI is InChI=1S/C14H19N3O3S/c18-14-9-17(13-4-2-1-3-12(13)16-14)21(19,20)10-11-5-7-15-8-6-11/h1-4,11,15H,5-10H2,(H,16,18). The minimum Gasteiger partial charge on any atom is -0.323 e. The van der Waals surface area contributed by atoms with Gasteiger partial charge in [0.2, 0.25) is 15.9 Å². The van der Waals surface area contributed by atoms with Crippen LogP contribution in [0.4, 0.5) is 11.4 Å². The summed E-state index contributed by atoms with van der Waals surface area (Å²) in [6.07, 6.45) is 1.72. The number of benzene rings is 1. The second-order valence-electron chi connectivity index (χ2n) is 5.54. The summed E-state index contributed by atoms with van der Waals surface area (Å²) in [7, 11) is -3.48. The molecule has 0 unspecified atom stereocenters. The summed E-state index contributed by atoms with van der Waals surface area (Å²) in [5.74, 6) is -0.0213. The van der Waals surface area contributed by atoms with Crippen molar-refractivity contribution in [3.63, 3.8) is 0 Å². The third kappa shape index (κ3) is 3.03. The van der Waals surface area contributed by atoms with Crippen LogP contribution in [0.3, 0.4) is 0 Å². The lowest BCUT2D eigenvalue weighted by atomic mass is 10.0. The summed E-state index contributed by atoms with van der Waals surface area (Å²) < 4.78 is 26.6. The normalized spacial score (nSPS) is 20.0. The molecule has 2 heterocycles. The van der Waals surface area contributed by atoms with Gasteiger partial charge in [0.25, 0.3) is 0 Å². The van der Waals surface area contributed by atoms with Crippen molar-refractivity contribution in [1.82, 2.24) is 5.32 Å². The minimum atomic E-state index is -3.48. The molecule has 114 valence electrons. The van der Waals surface area contributed by atoms with E-state index in [1.54, 1.807) is 24.3 Å². The number of para-hydroxylation sites is 2. The van der Waals surface area contributed by atoms with Gasteiger partial charge in [0.1, 0.15) is 6.54 Å². The highest BCUT2D eigenvalue weighted by Gasteiger charge is 2.33. The van der Waals surface area contributed by atoms with E-state index in [9.17, 15) is 13.2 Å². The quantitative estimate of drug-likeness (QED) is 0.864. The van der Waals surface area contributed by atoms with Crippen LogP contribution in [-0.4, -0.2) is 39.7 Å².